The van der Waals surface area contributed by atoms with Crippen molar-refractivity contribution >= 4 is 11.8 Å². The molecule has 0 saturated heterocycles. The van der Waals surface area contributed by atoms with E-state index in [4.69, 9.17) is 4.74 Å². The average molecular weight is 302 g/mol. The van der Waals surface area contributed by atoms with Crippen LogP contribution in [0.3, 0.4) is 0 Å². The number of nitrogens with one attached hydrogen (secondary N) is 1. The Kier molecular flexibility index (Phi) is 6.23. The lowest BCUT2D eigenvalue weighted by molar-refractivity contribution is 0.199. The molecule has 2 aromatic rings. The molecule has 0 bridgehead atoms. The van der Waals surface area contributed by atoms with Crippen LogP contribution in [-0.4, -0.2) is 25.2 Å². The van der Waals surface area contributed by atoms with E-state index in [0.29, 0.717) is 0 Å². The van der Waals surface area contributed by atoms with Gasteiger partial charge in [-0.1, -0.05) is 35.5 Å². The Labute approximate surface area is 131 Å². The van der Waals surface area contributed by atoms with Crippen molar-refractivity contribution < 1.29 is 4.74 Å². The molecule has 0 fully saturated rings. The lowest BCUT2D eigenvalue weighted by Gasteiger charge is -2.11. The van der Waals surface area contributed by atoms with E-state index in [9.17, 15) is 0 Å². The van der Waals surface area contributed by atoms with Gasteiger partial charge < -0.3 is 10.1 Å². The van der Waals surface area contributed by atoms with E-state index in [0.717, 1.165) is 24.7 Å². The number of aryl methyl sites for hydroxylation is 2. The topological polar surface area (TPSA) is 34.1 Å². The number of aromatic nitrogens is 1. The molecule has 21 heavy (non-hydrogen) atoms. The van der Waals surface area contributed by atoms with E-state index in [-0.39, 0.29) is 0 Å². The third kappa shape index (κ3) is 4.84. The molecule has 3 nitrogen and oxygen atoms in total. The van der Waals surface area contributed by atoms with Crippen molar-refractivity contribution in [3.8, 4) is 0 Å². The average Bonchev–Trinajstić information content (AvgIpc) is 2.48. The number of ether oxygens (including phenoxy) is 1. The normalized spacial score (nSPS) is 10.8. The highest BCUT2D eigenvalue weighted by molar-refractivity contribution is 7.99. The second kappa shape index (κ2) is 8.17. The number of pyridine rings is 1. The van der Waals surface area contributed by atoms with Crippen LogP contribution in [0.2, 0.25) is 0 Å². The van der Waals surface area contributed by atoms with E-state index in [1.54, 1.807) is 18.9 Å². The summed E-state index contributed by atoms with van der Waals surface area (Å²) >= 11 is 1.73. The van der Waals surface area contributed by atoms with Crippen LogP contribution in [0.4, 0.5) is 0 Å². The first-order valence-electron chi connectivity index (χ1n) is 7.09. The van der Waals surface area contributed by atoms with Gasteiger partial charge in [0, 0.05) is 31.3 Å². The number of rotatable bonds is 7. The van der Waals surface area contributed by atoms with Crippen molar-refractivity contribution in [2.75, 3.05) is 20.3 Å². The molecular weight excluding hydrogens is 280 g/mol. The SMILES string of the molecule is COCCNCc1cccnc1Sc1ccc(C)cc1C. The molecule has 0 spiro atoms. The van der Waals surface area contributed by atoms with E-state index in [1.165, 1.54) is 21.6 Å². The fraction of sp³-hybridized carbons (Fsp3) is 0.353. The summed E-state index contributed by atoms with van der Waals surface area (Å²) in [7, 11) is 1.72. The van der Waals surface area contributed by atoms with Gasteiger partial charge in [-0.15, -0.1) is 0 Å². The lowest BCUT2D eigenvalue weighted by atomic mass is 10.2. The molecule has 0 saturated carbocycles. The summed E-state index contributed by atoms with van der Waals surface area (Å²) in [6, 6.07) is 10.6. The van der Waals surface area contributed by atoms with Crippen molar-refractivity contribution in [2.24, 2.45) is 0 Å². The smallest absolute Gasteiger partial charge is 0.105 e. The van der Waals surface area contributed by atoms with Crippen LogP contribution in [0, 0.1) is 13.8 Å². The largest absolute Gasteiger partial charge is 0.383 e. The molecule has 2 rings (SSSR count). The van der Waals surface area contributed by atoms with Crippen LogP contribution in [0.15, 0.2) is 46.5 Å². The molecule has 0 aliphatic carbocycles. The van der Waals surface area contributed by atoms with Gasteiger partial charge in [0.25, 0.3) is 0 Å². The minimum Gasteiger partial charge on any atom is -0.383 e. The monoisotopic (exact) mass is 302 g/mol. The first-order chi connectivity index (χ1) is 10.2. The fourth-order valence-corrected chi connectivity index (χ4v) is 3.02. The maximum absolute atomic E-state index is 5.05. The predicted molar refractivity (Wildman–Crippen MR) is 87.9 cm³/mol. The van der Waals surface area contributed by atoms with Gasteiger partial charge in [-0.05, 0) is 37.1 Å². The second-order valence-corrected chi connectivity index (χ2v) is 6.04. The van der Waals surface area contributed by atoms with E-state index >= 15 is 0 Å². The summed E-state index contributed by atoms with van der Waals surface area (Å²) in [6.45, 7) is 6.64. The fourth-order valence-electron chi connectivity index (χ4n) is 2.07. The predicted octanol–water partition coefficient (Wildman–Crippen LogP) is 3.59. The van der Waals surface area contributed by atoms with Crippen LogP contribution < -0.4 is 5.32 Å². The second-order valence-electron chi connectivity index (χ2n) is 5.01. The van der Waals surface area contributed by atoms with E-state index < -0.39 is 0 Å². The highest BCUT2D eigenvalue weighted by Crippen LogP contribution is 2.31. The summed E-state index contributed by atoms with van der Waals surface area (Å²) in [4.78, 5) is 5.79. The quantitative estimate of drug-likeness (QED) is 0.793. The Morgan fingerprint density at radius 3 is 2.86 bits per heavy atom. The molecular formula is C17H22N2OS. The van der Waals surface area contributed by atoms with Crippen LogP contribution >= 0.6 is 11.8 Å². The molecule has 0 aliphatic heterocycles. The molecule has 1 N–H and O–H groups in total. The van der Waals surface area contributed by atoms with Gasteiger partial charge in [-0.25, -0.2) is 4.98 Å². The van der Waals surface area contributed by atoms with Gasteiger partial charge >= 0.3 is 0 Å². The highest BCUT2D eigenvalue weighted by Gasteiger charge is 2.07. The lowest BCUT2D eigenvalue weighted by Crippen LogP contribution is -2.19. The molecule has 1 aromatic heterocycles. The Morgan fingerprint density at radius 1 is 1.24 bits per heavy atom. The zero-order valence-electron chi connectivity index (χ0n) is 12.8. The number of hydrogen-bond acceptors (Lipinski definition) is 4. The van der Waals surface area contributed by atoms with Crippen molar-refractivity contribution in [3.63, 3.8) is 0 Å². The molecule has 1 aromatic carbocycles. The Bertz CT molecular complexity index is 587. The minimum atomic E-state index is 0.722. The summed E-state index contributed by atoms with van der Waals surface area (Å²) < 4.78 is 5.05. The van der Waals surface area contributed by atoms with Gasteiger partial charge in [-0.3, -0.25) is 0 Å². The van der Waals surface area contributed by atoms with Gasteiger partial charge in [0.05, 0.1) is 6.61 Å². The molecule has 112 valence electrons. The van der Waals surface area contributed by atoms with Crippen LogP contribution in [0.25, 0.3) is 0 Å². The molecule has 0 atom stereocenters. The van der Waals surface area contributed by atoms with Gasteiger partial charge in [-0.2, -0.15) is 0 Å². The van der Waals surface area contributed by atoms with Crippen LogP contribution in [0.1, 0.15) is 16.7 Å². The summed E-state index contributed by atoms with van der Waals surface area (Å²) in [6.07, 6.45) is 1.85. The molecule has 4 heteroatoms. The van der Waals surface area contributed by atoms with Gasteiger partial charge in [0.15, 0.2) is 0 Å². The number of hydrogen-bond donors (Lipinski definition) is 1. The Hall–Kier alpha value is -1.36. The van der Waals surface area contributed by atoms with Gasteiger partial charge in [0.2, 0.25) is 0 Å². The maximum Gasteiger partial charge on any atom is 0.105 e. The molecule has 0 amide bonds. The van der Waals surface area contributed by atoms with Crippen molar-refractivity contribution in [1.29, 1.82) is 0 Å². The Balaban J connectivity index is 2.08. The van der Waals surface area contributed by atoms with Crippen molar-refractivity contribution in [3.05, 3.63) is 53.2 Å². The third-order valence-corrected chi connectivity index (χ3v) is 4.42. The molecule has 0 unspecified atom stereocenters. The van der Waals surface area contributed by atoms with Gasteiger partial charge in [0.1, 0.15) is 5.03 Å². The Morgan fingerprint density at radius 2 is 2.10 bits per heavy atom. The van der Waals surface area contributed by atoms with Crippen LogP contribution in [-0.2, 0) is 11.3 Å². The summed E-state index contributed by atoms with van der Waals surface area (Å²) in [5.74, 6) is 0. The van der Waals surface area contributed by atoms with Crippen LogP contribution in [0.5, 0.6) is 0 Å². The molecule has 0 radical (unpaired) electrons. The first-order valence-corrected chi connectivity index (χ1v) is 7.91. The standard InChI is InChI=1S/C17H22N2OS/c1-13-6-7-16(14(2)11-13)21-17-15(5-4-8-19-17)12-18-9-10-20-3/h4-8,11,18H,9-10,12H2,1-3H3. The molecule has 1 heterocycles. The summed E-state index contributed by atoms with van der Waals surface area (Å²) in [5, 5.41) is 4.44. The minimum absolute atomic E-state index is 0.722. The number of benzene rings is 1. The van der Waals surface area contributed by atoms with Crippen molar-refractivity contribution in [2.45, 2.75) is 30.3 Å². The van der Waals surface area contributed by atoms with E-state index in [1.807, 2.05) is 12.3 Å². The highest BCUT2D eigenvalue weighted by atomic mass is 32.2. The first kappa shape index (κ1) is 16.0. The zero-order chi connectivity index (χ0) is 15.1. The summed E-state index contributed by atoms with van der Waals surface area (Å²) in [5.41, 5.74) is 3.81. The molecule has 0 aliphatic rings. The number of methoxy groups -OCH3 is 1. The maximum atomic E-state index is 5.05. The van der Waals surface area contributed by atoms with E-state index in [2.05, 4.69) is 48.4 Å². The zero-order valence-corrected chi connectivity index (χ0v) is 13.7. The number of nitrogens with zero attached hydrogens (tertiary/aromatic N) is 1. The van der Waals surface area contributed by atoms with Crippen molar-refractivity contribution in [1.82, 2.24) is 10.3 Å². The third-order valence-electron chi connectivity index (χ3n) is 3.19.